The van der Waals surface area contributed by atoms with Crippen LogP contribution in [0.25, 0.3) is 4.85 Å². The van der Waals surface area contributed by atoms with Gasteiger partial charge in [0.2, 0.25) is 0 Å². The minimum atomic E-state index is -0.431. The SMILES string of the molecule is O=C([N+]#Cc1ccccc1)Nc1ccccc1. The van der Waals surface area contributed by atoms with Crippen LogP contribution in [-0.2, 0) is 0 Å². The van der Waals surface area contributed by atoms with E-state index in [4.69, 9.17) is 0 Å². The largest absolute Gasteiger partial charge is 0.603 e. The average Bonchev–Trinajstić information content (AvgIpc) is 2.39. The summed E-state index contributed by atoms with van der Waals surface area (Å²) < 4.78 is 0. The molecule has 0 radical (unpaired) electrons. The fraction of sp³-hybridized carbons (Fsp3) is 0. The van der Waals surface area contributed by atoms with Gasteiger partial charge >= 0.3 is 6.03 Å². The summed E-state index contributed by atoms with van der Waals surface area (Å²) >= 11 is 0. The first-order chi connectivity index (χ1) is 8.34. The zero-order chi connectivity index (χ0) is 11.9. The Labute approximate surface area is 99.5 Å². The van der Waals surface area contributed by atoms with E-state index in [1.165, 1.54) is 0 Å². The van der Waals surface area contributed by atoms with E-state index in [0.717, 1.165) is 11.3 Å². The van der Waals surface area contributed by atoms with Gasteiger partial charge in [0.15, 0.2) is 6.07 Å². The monoisotopic (exact) mass is 223 g/mol. The molecule has 2 rings (SSSR count). The molecule has 0 fully saturated rings. The second-order valence-electron chi connectivity index (χ2n) is 3.39. The lowest BCUT2D eigenvalue weighted by Gasteiger charge is -1.89. The molecule has 3 heteroatoms. The highest BCUT2D eigenvalue weighted by Crippen LogP contribution is 2.05. The molecule has 0 aromatic heterocycles. The Morgan fingerprint density at radius 2 is 1.53 bits per heavy atom. The molecule has 0 aliphatic heterocycles. The predicted octanol–water partition coefficient (Wildman–Crippen LogP) is 3.60. The molecule has 0 bridgehead atoms. The highest BCUT2D eigenvalue weighted by molar-refractivity contribution is 5.97. The first-order valence-electron chi connectivity index (χ1n) is 5.22. The summed E-state index contributed by atoms with van der Waals surface area (Å²) in [6, 6.07) is 20.7. The first kappa shape index (κ1) is 10.9. The van der Waals surface area contributed by atoms with Crippen LogP contribution in [0.15, 0.2) is 60.7 Å². The lowest BCUT2D eigenvalue weighted by atomic mass is 10.2. The lowest BCUT2D eigenvalue weighted by Crippen LogP contribution is -2.03. The summed E-state index contributed by atoms with van der Waals surface area (Å²) in [5.41, 5.74) is 1.49. The van der Waals surface area contributed by atoms with Gasteiger partial charge in [-0.15, -0.1) is 4.85 Å². The number of hydrogen-bond donors (Lipinski definition) is 1. The molecule has 1 N–H and O–H groups in total. The molecule has 3 nitrogen and oxygen atoms in total. The van der Waals surface area contributed by atoms with Crippen LogP contribution < -0.4 is 5.32 Å². The van der Waals surface area contributed by atoms with Gasteiger partial charge in [0, 0.05) is 0 Å². The minimum absolute atomic E-state index is 0.431. The second kappa shape index (κ2) is 5.47. The Morgan fingerprint density at radius 1 is 0.941 bits per heavy atom. The Hall–Kier alpha value is -2.60. The summed E-state index contributed by atoms with van der Waals surface area (Å²) in [7, 11) is 0. The fourth-order valence-electron chi connectivity index (χ4n) is 1.30. The van der Waals surface area contributed by atoms with Gasteiger partial charge in [-0.2, -0.15) is 10.1 Å². The summed E-state index contributed by atoms with van der Waals surface area (Å²) in [5, 5.41) is 2.64. The van der Waals surface area contributed by atoms with E-state index >= 15 is 0 Å². The third-order valence-electron chi connectivity index (χ3n) is 2.09. The fourth-order valence-corrected chi connectivity index (χ4v) is 1.30. The molecular formula is C14H11N2O+. The van der Waals surface area contributed by atoms with Gasteiger partial charge < -0.3 is 0 Å². The number of anilines is 1. The van der Waals surface area contributed by atoms with Gasteiger partial charge in [0.05, 0.1) is 5.56 Å². The number of urea groups is 1. The summed E-state index contributed by atoms with van der Waals surface area (Å²) in [4.78, 5) is 15.1. The van der Waals surface area contributed by atoms with E-state index in [2.05, 4.69) is 16.2 Å². The van der Waals surface area contributed by atoms with Gasteiger partial charge in [-0.1, -0.05) is 36.4 Å². The summed E-state index contributed by atoms with van der Waals surface area (Å²) in [6.45, 7) is 0. The number of rotatable bonds is 1. The molecule has 17 heavy (non-hydrogen) atoms. The number of nitrogens with zero attached hydrogens (tertiary/aromatic N) is 1. The van der Waals surface area contributed by atoms with Crippen molar-refractivity contribution in [1.29, 1.82) is 0 Å². The van der Waals surface area contributed by atoms with Crippen LogP contribution in [0.4, 0.5) is 10.5 Å². The molecule has 0 unspecified atom stereocenters. The van der Waals surface area contributed by atoms with Crippen molar-refractivity contribution in [3.8, 4) is 6.07 Å². The highest BCUT2D eigenvalue weighted by Gasteiger charge is 2.08. The van der Waals surface area contributed by atoms with Gasteiger partial charge in [-0.25, -0.2) is 0 Å². The minimum Gasteiger partial charge on any atom is -0.189 e. The number of carbonyl (C=O) groups is 1. The quantitative estimate of drug-likeness (QED) is 0.787. The van der Waals surface area contributed by atoms with E-state index in [1.54, 1.807) is 12.1 Å². The van der Waals surface area contributed by atoms with Crippen molar-refractivity contribution >= 4 is 11.7 Å². The molecule has 0 saturated heterocycles. The van der Waals surface area contributed by atoms with Crippen LogP contribution in [-0.4, -0.2) is 6.03 Å². The van der Waals surface area contributed by atoms with Crippen molar-refractivity contribution < 1.29 is 4.79 Å². The van der Waals surface area contributed by atoms with Gasteiger partial charge in [0.25, 0.3) is 0 Å². The van der Waals surface area contributed by atoms with Crippen LogP contribution >= 0.6 is 0 Å². The topological polar surface area (TPSA) is 33.5 Å². The van der Waals surface area contributed by atoms with Crippen LogP contribution in [0.5, 0.6) is 0 Å². The number of amides is 2. The standard InChI is InChI=1S/C14H10N2O/c17-14(16-13-9-5-2-6-10-13)15-11-12-7-3-1-4-8-12/h1-10H/p+1. The van der Waals surface area contributed by atoms with Gasteiger partial charge in [-0.3, -0.25) is 0 Å². The molecule has 0 atom stereocenters. The second-order valence-corrected chi connectivity index (χ2v) is 3.39. The Bertz CT molecular complexity index is 553. The molecule has 2 amide bonds. The Kier molecular flexibility index (Phi) is 3.51. The zero-order valence-electron chi connectivity index (χ0n) is 9.13. The molecule has 0 heterocycles. The maximum atomic E-state index is 11.4. The molecule has 0 aliphatic carbocycles. The molecule has 0 spiro atoms. The number of carbonyl (C=O) groups excluding carboxylic acids is 1. The number of nitrogens with one attached hydrogen (secondary N) is 1. The molecule has 2 aromatic rings. The molecule has 2 aromatic carbocycles. The number of benzene rings is 2. The van der Waals surface area contributed by atoms with Crippen LogP contribution in [0.2, 0.25) is 0 Å². The molecular weight excluding hydrogens is 212 g/mol. The van der Waals surface area contributed by atoms with Crippen molar-refractivity contribution in [2.75, 3.05) is 5.32 Å². The van der Waals surface area contributed by atoms with E-state index in [1.807, 2.05) is 48.5 Å². The van der Waals surface area contributed by atoms with Gasteiger partial charge in [-0.05, 0) is 24.3 Å². The first-order valence-corrected chi connectivity index (χ1v) is 5.22. The van der Waals surface area contributed by atoms with E-state index < -0.39 is 6.03 Å². The smallest absolute Gasteiger partial charge is 0.189 e. The van der Waals surface area contributed by atoms with Crippen molar-refractivity contribution in [2.24, 2.45) is 0 Å². The van der Waals surface area contributed by atoms with E-state index in [0.29, 0.717) is 0 Å². The third-order valence-corrected chi connectivity index (χ3v) is 2.09. The normalized spacial score (nSPS) is 8.94. The van der Waals surface area contributed by atoms with Gasteiger partial charge in [0.1, 0.15) is 5.69 Å². The van der Waals surface area contributed by atoms with Crippen LogP contribution in [0.3, 0.4) is 0 Å². The lowest BCUT2D eigenvalue weighted by molar-refractivity contribution is 0.264. The number of para-hydroxylation sites is 1. The molecule has 82 valence electrons. The van der Waals surface area contributed by atoms with Crippen molar-refractivity contribution in [3.63, 3.8) is 0 Å². The maximum absolute atomic E-state index is 11.4. The van der Waals surface area contributed by atoms with Crippen molar-refractivity contribution in [1.82, 2.24) is 0 Å². The summed E-state index contributed by atoms with van der Waals surface area (Å²) in [6.07, 6.45) is 0. The molecule has 0 aliphatic rings. The zero-order valence-corrected chi connectivity index (χ0v) is 9.13. The Balaban J connectivity index is 2.02. The van der Waals surface area contributed by atoms with E-state index in [9.17, 15) is 4.79 Å². The molecule has 0 saturated carbocycles. The highest BCUT2D eigenvalue weighted by atomic mass is 16.2. The van der Waals surface area contributed by atoms with Crippen molar-refractivity contribution in [3.05, 3.63) is 71.1 Å². The average molecular weight is 223 g/mol. The predicted molar refractivity (Wildman–Crippen MR) is 68.3 cm³/mol. The Morgan fingerprint density at radius 3 is 2.18 bits per heavy atom. The van der Waals surface area contributed by atoms with Crippen molar-refractivity contribution in [2.45, 2.75) is 0 Å². The number of hydrogen-bond acceptors (Lipinski definition) is 1. The third kappa shape index (κ3) is 3.47. The maximum Gasteiger partial charge on any atom is 0.603 e. The van der Waals surface area contributed by atoms with E-state index in [-0.39, 0.29) is 0 Å². The van der Waals surface area contributed by atoms with Crippen LogP contribution in [0, 0.1) is 6.07 Å². The summed E-state index contributed by atoms with van der Waals surface area (Å²) in [5.74, 6) is 0. The van der Waals surface area contributed by atoms with Crippen LogP contribution in [0.1, 0.15) is 5.56 Å².